The summed E-state index contributed by atoms with van der Waals surface area (Å²) in [5.74, 6) is 1.58. The minimum Gasteiger partial charge on any atom is -0.486 e. The fourth-order valence-corrected chi connectivity index (χ4v) is 2.75. The molecule has 3 aromatic rings. The topological polar surface area (TPSA) is 74.6 Å². The van der Waals surface area contributed by atoms with Crippen LogP contribution in [0.25, 0.3) is 0 Å². The molecule has 1 aliphatic rings. The number of carbonyl (C=O) groups is 1. The molecule has 2 aromatic carbocycles. The molecule has 8 heteroatoms. The number of rotatable bonds is 5. The number of nitrogens with zero attached hydrogens (tertiary/aromatic N) is 2. The van der Waals surface area contributed by atoms with Crippen LogP contribution in [0.2, 0.25) is 5.02 Å². The van der Waals surface area contributed by atoms with E-state index >= 15 is 0 Å². The van der Waals surface area contributed by atoms with Crippen LogP contribution in [0.1, 0.15) is 10.5 Å². The first-order chi connectivity index (χ1) is 13.2. The van der Waals surface area contributed by atoms with Crippen LogP contribution in [0, 0.1) is 0 Å². The zero-order valence-electron chi connectivity index (χ0n) is 14.2. The number of hydrogen-bond acceptors (Lipinski definition) is 5. The number of anilines is 1. The fraction of sp³-hybridized carbons (Fsp3) is 0.158. The van der Waals surface area contributed by atoms with Crippen LogP contribution < -0.4 is 19.5 Å². The van der Waals surface area contributed by atoms with Crippen LogP contribution in [-0.2, 0) is 6.73 Å². The van der Waals surface area contributed by atoms with Crippen molar-refractivity contribution in [1.29, 1.82) is 0 Å². The van der Waals surface area contributed by atoms with E-state index < -0.39 is 0 Å². The van der Waals surface area contributed by atoms with Crippen molar-refractivity contribution >= 4 is 23.2 Å². The van der Waals surface area contributed by atoms with Gasteiger partial charge in [-0.2, -0.15) is 5.10 Å². The maximum atomic E-state index is 12.4. The summed E-state index contributed by atoms with van der Waals surface area (Å²) in [7, 11) is 0. The van der Waals surface area contributed by atoms with Gasteiger partial charge in [0, 0.05) is 23.0 Å². The van der Waals surface area contributed by atoms with Crippen molar-refractivity contribution in [3.8, 4) is 17.2 Å². The Morgan fingerprint density at radius 3 is 2.85 bits per heavy atom. The normalized spacial score (nSPS) is 12.5. The Kier molecular flexibility index (Phi) is 4.84. The number of halogens is 1. The lowest BCUT2D eigenvalue weighted by atomic mass is 10.2. The van der Waals surface area contributed by atoms with Gasteiger partial charge in [0.2, 0.25) is 0 Å². The molecule has 138 valence electrons. The lowest BCUT2D eigenvalue weighted by Crippen LogP contribution is -2.17. The molecule has 0 atom stereocenters. The highest BCUT2D eigenvalue weighted by molar-refractivity contribution is 6.30. The van der Waals surface area contributed by atoms with Gasteiger partial charge in [0.15, 0.2) is 23.9 Å². The molecule has 1 aromatic heterocycles. The van der Waals surface area contributed by atoms with Crippen LogP contribution in [-0.4, -0.2) is 28.9 Å². The quantitative estimate of drug-likeness (QED) is 0.726. The zero-order valence-corrected chi connectivity index (χ0v) is 15.0. The highest BCUT2D eigenvalue weighted by Crippen LogP contribution is 2.32. The molecule has 1 N–H and O–H groups in total. The van der Waals surface area contributed by atoms with Gasteiger partial charge in [-0.3, -0.25) is 4.79 Å². The Morgan fingerprint density at radius 2 is 2.00 bits per heavy atom. The molecule has 0 fully saturated rings. The van der Waals surface area contributed by atoms with Crippen molar-refractivity contribution in [1.82, 2.24) is 9.78 Å². The van der Waals surface area contributed by atoms with E-state index in [9.17, 15) is 4.79 Å². The molecule has 0 saturated carbocycles. The van der Waals surface area contributed by atoms with Gasteiger partial charge in [-0.15, -0.1) is 0 Å². The number of ether oxygens (including phenoxy) is 3. The van der Waals surface area contributed by atoms with Gasteiger partial charge in [-0.25, -0.2) is 4.68 Å². The first kappa shape index (κ1) is 17.2. The van der Waals surface area contributed by atoms with Gasteiger partial charge in [-0.1, -0.05) is 17.7 Å². The van der Waals surface area contributed by atoms with Crippen molar-refractivity contribution in [3.63, 3.8) is 0 Å². The van der Waals surface area contributed by atoms with E-state index in [1.165, 1.54) is 4.68 Å². The first-order valence-corrected chi connectivity index (χ1v) is 8.68. The summed E-state index contributed by atoms with van der Waals surface area (Å²) in [4.78, 5) is 12.4. The average molecular weight is 386 g/mol. The third-order valence-corrected chi connectivity index (χ3v) is 4.07. The fourth-order valence-electron chi connectivity index (χ4n) is 2.57. The second-order valence-electron chi connectivity index (χ2n) is 5.78. The summed E-state index contributed by atoms with van der Waals surface area (Å²) in [6.45, 7) is 1.17. The number of aromatic nitrogens is 2. The Labute approximate surface area is 160 Å². The molecular weight excluding hydrogens is 370 g/mol. The molecule has 2 heterocycles. The Morgan fingerprint density at radius 1 is 1.15 bits per heavy atom. The number of amides is 1. The van der Waals surface area contributed by atoms with Gasteiger partial charge in [0.05, 0.1) is 0 Å². The predicted octanol–water partition coefficient (Wildman–Crippen LogP) is 3.60. The molecule has 0 aliphatic carbocycles. The molecule has 0 bridgehead atoms. The van der Waals surface area contributed by atoms with E-state index in [0.717, 1.165) is 0 Å². The second kappa shape index (κ2) is 7.59. The third-order valence-electron chi connectivity index (χ3n) is 3.83. The molecular formula is C19H16ClN3O4. The first-order valence-electron chi connectivity index (χ1n) is 8.30. The van der Waals surface area contributed by atoms with Crippen LogP contribution in [0.5, 0.6) is 17.2 Å². The van der Waals surface area contributed by atoms with Gasteiger partial charge < -0.3 is 19.5 Å². The van der Waals surface area contributed by atoms with Crippen molar-refractivity contribution < 1.29 is 19.0 Å². The maximum Gasteiger partial charge on any atom is 0.276 e. The summed E-state index contributed by atoms with van der Waals surface area (Å²) in [5, 5.41) is 7.61. The Bertz CT molecular complexity index is 973. The standard InChI is InChI=1S/C19H16ClN3O4/c20-13-2-1-3-15(10-13)27-12-23-7-6-16(22-23)19(24)21-14-4-5-17-18(11-14)26-9-8-25-17/h1-7,10-11H,8-9,12H2,(H,21,24). The van der Waals surface area contributed by atoms with Crippen molar-refractivity contribution in [2.75, 3.05) is 18.5 Å². The molecule has 0 spiro atoms. The second-order valence-corrected chi connectivity index (χ2v) is 6.22. The Hall–Kier alpha value is -3.19. The van der Waals surface area contributed by atoms with E-state index in [0.29, 0.717) is 41.2 Å². The SMILES string of the molecule is O=C(Nc1ccc2c(c1)OCCO2)c1ccn(COc2cccc(Cl)c2)n1. The van der Waals surface area contributed by atoms with E-state index in [1.54, 1.807) is 54.7 Å². The number of hydrogen-bond donors (Lipinski definition) is 1. The largest absolute Gasteiger partial charge is 0.486 e. The molecule has 1 aliphatic heterocycles. The molecule has 0 radical (unpaired) electrons. The van der Waals surface area contributed by atoms with E-state index in [1.807, 2.05) is 0 Å². The van der Waals surface area contributed by atoms with Crippen molar-refractivity contribution in [3.05, 3.63) is 65.4 Å². The summed E-state index contributed by atoms with van der Waals surface area (Å²) in [6.07, 6.45) is 1.67. The van der Waals surface area contributed by atoms with E-state index in [2.05, 4.69) is 10.4 Å². The summed E-state index contributed by atoms with van der Waals surface area (Å²) >= 11 is 5.92. The van der Waals surface area contributed by atoms with E-state index in [4.69, 9.17) is 25.8 Å². The number of fused-ring (bicyclic) bond motifs is 1. The van der Waals surface area contributed by atoms with Crippen LogP contribution in [0.3, 0.4) is 0 Å². The third kappa shape index (κ3) is 4.15. The summed E-state index contributed by atoms with van der Waals surface area (Å²) in [5.41, 5.74) is 0.883. The van der Waals surface area contributed by atoms with Crippen LogP contribution in [0.15, 0.2) is 54.7 Å². The van der Waals surface area contributed by atoms with Gasteiger partial charge >= 0.3 is 0 Å². The lowest BCUT2D eigenvalue weighted by Gasteiger charge is -2.18. The number of nitrogens with one attached hydrogen (secondary N) is 1. The minimum absolute atomic E-state index is 0.164. The summed E-state index contributed by atoms with van der Waals surface area (Å²) in [6, 6.07) is 13.9. The minimum atomic E-state index is -0.326. The Balaban J connectivity index is 1.38. The lowest BCUT2D eigenvalue weighted by molar-refractivity contribution is 0.102. The molecule has 0 unspecified atom stereocenters. The van der Waals surface area contributed by atoms with Crippen molar-refractivity contribution in [2.45, 2.75) is 6.73 Å². The van der Waals surface area contributed by atoms with Crippen LogP contribution in [0.4, 0.5) is 5.69 Å². The van der Waals surface area contributed by atoms with Gasteiger partial charge in [0.1, 0.15) is 19.0 Å². The molecule has 1 amide bonds. The zero-order chi connectivity index (χ0) is 18.6. The molecule has 4 rings (SSSR count). The highest BCUT2D eigenvalue weighted by atomic mass is 35.5. The smallest absolute Gasteiger partial charge is 0.276 e. The monoisotopic (exact) mass is 385 g/mol. The van der Waals surface area contributed by atoms with E-state index in [-0.39, 0.29) is 18.3 Å². The predicted molar refractivity (Wildman–Crippen MR) is 99.7 cm³/mol. The molecule has 7 nitrogen and oxygen atoms in total. The average Bonchev–Trinajstić information content (AvgIpc) is 3.16. The molecule has 27 heavy (non-hydrogen) atoms. The number of benzene rings is 2. The number of carbonyl (C=O) groups excluding carboxylic acids is 1. The van der Waals surface area contributed by atoms with Crippen molar-refractivity contribution in [2.24, 2.45) is 0 Å². The van der Waals surface area contributed by atoms with Gasteiger partial charge in [0.25, 0.3) is 5.91 Å². The van der Waals surface area contributed by atoms with Crippen LogP contribution >= 0.6 is 11.6 Å². The molecule has 0 saturated heterocycles. The van der Waals surface area contributed by atoms with Gasteiger partial charge in [-0.05, 0) is 36.4 Å². The highest BCUT2D eigenvalue weighted by Gasteiger charge is 2.14. The maximum absolute atomic E-state index is 12.4. The summed E-state index contributed by atoms with van der Waals surface area (Å²) < 4.78 is 18.1.